The Kier molecular flexibility index (Phi) is 4.25. The molecule has 1 saturated carbocycles. The van der Waals surface area contributed by atoms with E-state index in [1.165, 1.54) is 12.8 Å². The molecule has 1 N–H and O–H groups in total. The molecule has 4 rings (SSSR count). The van der Waals surface area contributed by atoms with Crippen LogP contribution in [0.3, 0.4) is 0 Å². The smallest absolute Gasteiger partial charge is 0.255 e. The van der Waals surface area contributed by atoms with Crippen molar-refractivity contribution < 1.29 is 4.79 Å². The molecule has 1 amide bonds. The number of carbonyl (C=O) groups excluding carboxylic acids is 1. The first-order valence-corrected chi connectivity index (χ1v) is 9.46. The Morgan fingerprint density at radius 2 is 2.00 bits per heavy atom. The number of nitrogens with zero attached hydrogens (tertiary/aromatic N) is 5. The largest absolute Gasteiger partial charge is 0.338 e. The van der Waals surface area contributed by atoms with Crippen molar-refractivity contribution in [2.45, 2.75) is 52.4 Å². The van der Waals surface area contributed by atoms with Gasteiger partial charge < -0.3 is 4.90 Å². The standard InChI is InChI=1S/C19H26N6O/c1-10(2)17-20-18(24-23-17)16-9-25(8-15(16)13-5-6-13)19(26)14-7-11(3)21-22-12(14)4/h7,10,13,15-16H,5-6,8-9H2,1-4H3,(H,20,23,24)/t15-,16+/m1/s1. The number of nitrogens with one attached hydrogen (secondary N) is 1. The van der Waals surface area contributed by atoms with E-state index in [0.29, 0.717) is 35.6 Å². The Balaban J connectivity index is 1.59. The van der Waals surface area contributed by atoms with Crippen LogP contribution in [0.4, 0.5) is 0 Å². The molecule has 0 aromatic carbocycles. The normalized spacial score (nSPS) is 23.0. The minimum Gasteiger partial charge on any atom is -0.338 e. The Morgan fingerprint density at radius 3 is 2.65 bits per heavy atom. The van der Waals surface area contributed by atoms with Gasteiger partial charge in [0, 0.05) is 24.9 Å². The van der Waals surface area contributed by atoms with Gasteiger partial charge in [-0.3, -0.25) is 9.89 Å². The highest BCUT2D eigenvalue weighted by molar-refractivity contribution is 5.95. The number of likely N-dealkylation sites (tertiary alicyclic amines) is 1. The van der Waals surface area contributed by atoms with Crippen molar-refractivity contribution in [1.29, 1.82) is 0 Å². The molecule has 1 aliphatic carbocycles. The van der Waals surface area contributed by atoms with Gasteiger partial charge >= 0.3 is 0 Å². The molecular weight excluding hydrogens is 328 g/mol. The average Bonchev–Trinajstić information content (AvgIpc) is 3.17. The lowest BCUT2D eigenvalue weighted by Gasteiger charge is -2.17. The second kappa shape index (κ2) is 6.45. The summed E-state index contributed by atoms with van der Waals surface area (Å²) in [4.78, 5) is 19.8. The second-order valence-corrected chi connectivity index (χ2v) is 8.04. The highest BCUT2D eigenvalue weighted by Gasteiger charge is 2.46. The topological polar surface area (TPSA) is 87.7 Å². The molecule has 26 heavy (non-hydrogen) atoms. The first-order valence-electron chi connectivity index (χ1n) is 9.46. The van der Waals surface area contributed by atoms with Gasteiger partial charge in [0.05, 0.1) is 17.0 Å². The Hall–Kier alpha value is -2.31. The van der Waals surface area contributed by atoms with Crippen LogP contribution < -0.4 is 0 Å². The summed E-state index contributed by atoms with van der Waals surface area (Å²) in [5, 5.41) is 15.7. The van der Waals surface area contributed by atoms with Crippen LogP contribution in [0.25, 0.3) is 0 Å². The van der Waals surface area contributed by atoms with Gasteiger partial charge in [-0.25, -0.2) is 4.98 Å². The van der Waals surface area contributed by atoms with Crippen LogP contribution in [0.15, 0.2) is 6.07 Å². The van der Waals surface area contributed by atoms with Crippen molar-refractivity contribution in [3.8, 4) is 0 Å². The Bertz CT molecular complexity index is 825. The van der Waals surface area contributed by atoms with Gasteiger partial charge in [0.15, 0.2) is 5.82 Å². The van der Waals surface area contributed by atoms with E-state index in [-0.39, 0.29) is 11.8 Å². The molecule has 138 valence electrons. The Morgan fingerprint density at radius 1 is 1.23 bits per heavy atom. The number of rotatable bonds is 4. The van der Waals surface area contributed by atoms with E-state index >= 15 is 0 Å². The maximum atomic E-state index is 13.1. The number of hydrogen-bond acceptors (Lipinski definition) is 5. The number of H-pyrrole nitrogens is 1. The summed E-state index contributed by atoms with van der Waals surface area (Å²) in [5.74, 6) is 3.53. The van der Waals surface area contributed by atoms with Crippen molar-refractivity contribution in [2.75, 3.05) is 13.1 Å². The number of hydrogen-bond donors (Lipinski definition) is 1. The summed E-state index contributed by atoms with van der Waals surface area (Å²) in [7, 11) is 0. The Labute approximate surface area is 153 Å². The third-order valence-electron chi connectivity index (χ3n) is 5.60. The zero-order valence-electron chi connectivity index (χ0n) is 15.9. The van der Waals surface area contributed by atoms with Crippen LogP contribution in [0.2, 0.25) is 0 Å². The predicted octanol–water partition coefficient (Wildman–Crippen LogP) is 2.60. The van der Waals surface area contributed by atoms with Crippen LogP contribution in [0.5, 0.6) is 0 Å². The quantitative estimate of drug-likeness (QED) is 0.912. The highest BCUT2D eigenvalue weighted by Crippen LogP contribution is 2.47. The van der Waals surface area contributed by atoms with Crippen molar-refractivity contribution in [3.05, 3.63) is 34.7 Å². The van der Waals surface area contributed by atoms with E-state index in [1.807, 2.05) is 24.8 Å². The molecule has 0 bridgehead atoms. The van der Waals surface area contributed by atoms with Crippen molar-refractivity contribution in [1.82, 2.24) is 30.3 Å². The fourth-order valence-corrected chi connectivity index (χ4v) is 3.93. The molecule has 0 spiro atoms. The first kappa shape index (κ1) is 17.1. The summed E-state index contributed by atoms with van der Waals surface area (Å²) in [6, 6.07) is 1.84. The molecule has 2 fully saturated rings. The molecule has 3 heterocycles. The van der Waals surface area contributed by atoms with Gasteiger partial charge in [0.25, 0.3) is 5.91 Å². The van der Waals surface area contributed by atoms with Crippen molar-refractivity contribution in [2.24, 2.45) is 11.8 Å². The van der Waals surface area contributed by atoms with E-state index in [2.05, 4.69) is 34.2 Å². The number of aromatic amines is 1. The van der Waals surface area contributed by atoms with Gasteiger partial charge in [-0.05, 0) is 44.6 Å². The van der Waals surface area contributed by atoms with Gasteiger partial charge in [-0.1, -0.05) is 13.8 Å². The van der Waals surface area contributed by atoms with Gasteiger partial charge in [0.1, 0.15) is 5.82 Å². The van der Waals surface area contributed by atoms with Crippen LogP contribution in [-0.4, -0.2) is 49.3 Å². The second-order valence-electron chi connectivity index (χ2n) is 8.04. The number of amides is 1. The molecular formula is C19H26N6O. The third kappa shape index (κ3) is 3.10. The van der Waals surface area contributed by atoms with Crippen LogP contribution >= 0.6 is 0 Å². The molecule has 2 aromatic heterocycles. The van der Waals surface area contributed by atoms with E-state index in [9.17, 15) is 4.79 Å². The van der Waals surface area contributed by atoms with Crippen LogP contribution in [-0.2, 0) is 0 Å². The summed E-state index contributed by atoms with van der Waals surface area (Å²) in [5.41, 5.74) is 2.12. The summed E-state index contributed by atoms with van der Waals surface area (Å²) >= 11 is 0. The van der Waals surface area contributed by atoms with E-state index < -0.39 is 0 Å². The fourth-order valence-electron chi connectivity index (χ4n) is 3.93. The van der Waals surface area contributed by atoms with Crippen LogP contribution in [0, 0.1) is 25.7 Å². The molecule has 7 heteroatoms. The number of aryl methyl sites for hydroxylation is 2. The lowest BCUT2D eigenvalue weighted by Crippen LogP contribution is -2.30. The maximum Gasteiger partial charge on any atom is 0.255 e. The lowest BCUT2D eigenvalue weighted by atomic mass is 9.91. The zero-order chi connectivity index (χ0) is 18.4. The molecule has 1 saturated heterocycles. The minimum atomic E-state index is 0.0530. The van der Waals surface area contributed by atoms with Crippen molar-refractivity contribution in [3.63, 3.8) is 0 Å². The fraction of sp³-hybridized carbons (Fsp3) is 0.632. The molecule has 0 unspecified atom stereocenters. The molecule has 1 aliphatic heterocycles. The molecule has 2 aromatic rings. The summed E-state index contributed by atoms with van der Waals surface area (Å²) in [6.45, 7) is 9.37. The van der Waals surface area contributed by atoms with E-state index in [4.69, 9.17) is 4.98 Å². The zero-order valence-corrected chi connectivity index (χ0v) is 15.9. The predicted molar refractivity (Wildman–Crippen MR) is 96.8 cm³/mol. The van der Waals surface area contributed by atoms with E-state index in [1.54, 1.807) is 0 Å². The SMILES string of the molecule is Cc1cc(C(=O)N2C[C@H](c3nc(C(C)C)n[nH]3)[C@@H](C3CC3)C2)c(C)nn1. The first-order chi connectivity index (χ1) is 12.4. The monoisotopic (exact) mass is 354 g/mol. The molecule has 7 nitrogen and oxygen atoms in total. The van der Waals surface area contributed by atoms with E-state index in [0.717, 1.165) is 23.9 Å². The van der Waals surface area contributed by atoms with Gasteiger partial charge in [-0.15, -0.1) is 0 Å². The van der Waals surface area contributed by atoms with Crippen molar-refractivity contribution >= 4 is 5.91 Å². The number of aromatic nitrogens is 5. The molecule has 2 atom stereocenters. The lowest BCUT2D eigenvalue weighted by molar-refractivity contribution is 0.0783. The summed E-state index contributed by atoms with van der Waals surface area (Å²) < 4.78 is 0. The number of carbonyl (C=O) groups is 1. The van der Waals surface area contributed by atoms with Gasteiger partial charge in [0.2, 0.25) is 0 Å². The average molecular weight is 354 g/mol. The minimum absolute atomic E-state index is 0.0530. The maximum absolute atomic E-state index is 13.1. The summed E-state index contributed by atoms with van der Waals surface area (Å²) in [6.07, 6.45) is 2.51. The molecule has 2 aliphatic rings. The molecule has 0 radical (unpaired) electrons. The van der Waals surface area contributed by atoms with Crippen LogP contribution in [0.1, 0.15) is 71.9 Å². The third-order valence-corrected chi connectivity index (χ3v) is 5.60. The highest BCUT2D eigenvalue weighted by atomic mass is 16.2. The van der Waals surface area contributed by atoms with Gasteiger partial charge in [-0.2, -0.15) is 15.3 Å².